The van der Waals surface area contributed by atoms with Crippen LogP contribution in [0.2, 0.25) is 0 Å². The Kier molecular flexibility index (Phi) is 10.0. The zero-order valence-corrected chi connectivity index (χ0v) is 18.4. The van der Waals surface area contributed by atoms with Crippen LogP contribution in [-0.2, 0) is 11.2 Å². The van der Waals surface area contributed by atoms with E-state index < -0.39 is 0 Å². The zero-order valence-electron chi connectivity index (χ0n) is 18.4. The zero-order chi connectivity index (χ0) is 21.7. The molecule has 160 valence electrons. The van der Waals surface area contributed by atoms with Crippen molar-refractivity contribution in [3.05, 3.63) is 78.1 Å². The van der Waals surface area contributed by atoms with Crippen molar-refractivity contribution in [1.82, 2.24) is 0 Å². The van der Waals surface area contributed by atoms with Crippen molar-refractivity contribution in [1.29, 1.82) is 5.26 Å². The number of nitrogens with zero attached hydrogens (tertiary/aromatic N) is 1. The number of nitriles is 1. The van der Waals surface area contributed by atoms with Crippen molar-refractivity contribution in [3.63, 3.8) is 0 Å². The largest absolute Gasteiger partial charge is 0.508 e. The first kappa shape index (κ1) is 23.5. The number of ether oxygens (including phenoxy) is 1. The highest BCUT2D eigenvalue weighted by atomic mass is 16.5. The van der Waals surface area contributed by atoms with Gasteiger partial charge in [-0.2, -0.15) is 5.26 Å². The first-order valence-corrected chi connectivity index (χ1v) is 11.0. The summed E-state index contributed by atoms with van der Waals surface area (Å²) in [5.41, 5.74) is 0.706. The van der Waals surface area contributed by atoms with Crippen LogP contribution in [0.5, 0.6) is 5.75 Å². The molecule has 0 spiro atoms. The Labute approximate surface area is 182 Å². The van der Waals surface area contributed by atoms with Gasteiger partial charge in [0.05, 0.1) is 6.07 Å². The Morgan fingerprint density at radius 2 is 1.97 bits per heavy atom. The average Bonchev–Trinajstić information content (AvgIpc) is 3.11. The second-order valence-corrected chi connectivity index (χ2v) is 8.46. The lowest BCUT2D eigenvalue weighted by atomic mass is 10.0. The molecule has 0 aliphatic heterocycles. The van der Waals surface area contributed by atoms with Gasteiger partial charge in [0, 0.05) is 12.8 Å². The molecule has 1 N–H and O–H groups in total. The van der Waals surface area contributed by atoms with Crippen LogP contribution in [0.3, 0.4) is 0 Å². The summed E-state index contributed by atoms with van der Waals surface area (Å²) in [6.45, 7) is 4.32. The third kappa shape index (κ3) is 9.18. The summed E-state index contributed by atoms with van der Waals surface area (Å²) in [7, 11) is 0. The van der Waals surface area contributed by atoms with E-state index in [0.717, 1.165) is 30.1 Å². The highest BCUT2D eigenvalue weighted by Gasteiger charge is 2.19. The van der Waals surface area contributed by atoms with Gasteiger partial charge in [-0.15, -0.1) is 0 Å². The van der Waals surface area contributed by atoms with Gasteiger partial charge in [-0.05, 0) is 69.2 Å². The summed E-state index contributed by atoms with van der Waals surface area (Å²) in [5.74, 6) is 2.06. The molecule has 2 aliphatic carbocycles. The van der Waals surface area contributed by atoms with Crippen molar-refractivity contribution in [2.45, 2.75) is 70.8 Å². The maximum atomic E-state index is 9.23. The molecule has 0 bridgehead atoms. The summed E-state index contributed by atoms with van der Waals surface area (Å²) in [4.78, 5) is 0. The minimum atomic E-state index is -0.135. The SMILES string of the molecule is CC(C)(C/C=C/C1CCCC1)OC1=CC=CCC=C1.N#CCCc1ccccc1O. The summed E-state index contributed by atoms with van der Waals surface area (Å²) < 4.78 is 6.10. The van der Waals surface area contributed by atoms with Crippen LogP contribution in [0.25, 0.3) is 0 Å². The van der Waals surface area contributed by atoms with Crippen molar-refractivity contribution < 1.29 is 9.84 Å². The predicted octanol–water partition coefficient (Wildman–Crippen LogP) is 7.17. The molecule has 0 amide bonds. The van der Waals surface area contributed by atoms with Crippen LogP contribution in [0.15, 0.2) is 72.6 Å². The molecule has 3 rings (SSSR count). The Balaban J connectivity index is 0.000000248. The molecule has 3 nitrogen and oxygen atoms in total. The number of hydrogen-bond acceptors (Lipinski definition) is 3. The molecule has 1 fully saturated rings. The van der Waals surface area contributed by atoms with E-state index in [-0.39, 0.29) is 11.4 Å². The highest BCUT2D eigenvalue weighted by Crippen LogP contribution is 2.27. The van der Waals surface area contributed by atoms with E-state index in [0.29, 0.717) is 12.8 Å². The minimum absolute atomic E-state index is 0.135. The summed E-state index contributed by atoms with van der Waals surface area (Å²) in [6.07, 6.45) is 23.8. The van der Waals surface area contributed by atoms with Gasteiger partial charge < -0.3 is 9.84 Å². The van der Waals surface area contributed by atoms with Crippen molar-refractivity contribution in [3.8, 4) is 11.8 Å². The first-order chi connectivity index (χ1) is 14.5. The summed E-state index contributed by atoms with van der Waals surface area (Å²) in [5, 5.41) is 17.5. The summed E-state index contributed by atoms with van der Waals surface area (Å²) in [6, 6.07) is 9.11. The van der Waals surface area contributed by atoms with Crippen LogP contribution in [0.1, 0.15) is 64.4 Å². The van der Waals surface area contributed by atoms with Gasteiger partial charge in [0.1, 0.15) is 17.1 Å². The number of phenolic OH excluding ortho intramolecular Hbond substituents is 1. The van der Waals surface area contributed by atoms with Crippen LogP contribution in [0.4, 0.5) is 0 Å². The number of aryl methyl sites for hydroxylation is 1. The van der Waals surface area contributed by atoms with Gasteiger partial charge in [-0.25, -0.2) is 0 Å². The monoisotopic (exact) mass is 405 g/mol. The smallest absolute Gasteiger partial charge is 0.119 e. The van der Waals surface area contributed by atoms with Crippen molar-refractivity contribution >= 4 is 0 Å². The fraction of sp³-hybridized carbons (Fsp3) is 0.444. The molecule has 1 aromatic carbocycles. The third-order valence-corrected chi connectivity index (χ3v) is 5.26. The maximum Gasteiger partial charge on any atom is 0.119 e. The predicted molar refractivity (Wildman–Crippen MR) is 124 cm³/mol. The van der Waals surface area contributed by atoms with E-state index in [2.05, 4.69) is 50.3 Å². The van der Waals surface area contributed by atoms with Crippen molar-refractivity contribution in [2.24, 2.45) is 5.92 Å². The molecule has 2 aliphatic rings. The third-order valence-electron chi connectivity index (χ3n) is 5.26. The molecule has 0 heterocycles. The Bertz CT molecular complexity index is 802. The lowest BCUT2D eigenvalue weighted by Crippen LogP contribution is -2.22. The van der Waals surface area contributed by atoms with Crippen LogP contribution < -0.4 is 0 Å². The first-order valence-electron chi connectivity index (χ1n) is 11.0. The minimum Gasteiger partial charge on any atom is -0.508 e. The molecule has 0 aromatic heterocycles. The topological polar surface area (TPSA) is 53.2 Å². The molecule has 1 saturated carbocycles. The fourth-order valence-corrected chi connectivity index (χ4v) is 3.60. The number of hydrogen-bond donors (Lipinski definition) is 1. The highest BCUT2D eigenvalue weighted by molar-refractivity contribution is 5.32. The van der Waals surface area contributed by atoms with E-state index in [9.17, 15) is 5.11 Å². The van der Waals surface area contributed by atoms with Gasteiger partial charge in [-0.3, -0.25) is 0 Å². The maximum absolute atomic E-state index is 9.23. The lowest BCUT2D eigenvalue weighted by molar-refractivity contribution is 0.0449. The summed E-state index contributed by atoms with van der Waals surface area (Å²) >= 11 is 0. The van der Waals surface area contributed by atoms with Crippen LogP contribution in [-0.4, -0.2) is 10.7 Å². The molecule has 0 atom stereocenters. The molecule has 0 radical (unpaired) electrons. The molecule has 1 aromatic rings. The van der Waals surface area contributed by atoms with Gasteiger partial charge in [0.15, 0.2) is 0 Å². The number of benzene rings is 1. The van der Waals surface area contributed by atoms with E-state index in [1.807, 2.05) is 24.3 Å². The van der Waals surface area contributed by atoms with Gasteiger partial charge in [0.2, 0.25) is 0 Å². The van der Waals surface area contributed by atoms with Gasteiger partial charge in [0.25, 0.3) is 0 Å². The standard InChI is InChI=1S/C18H26O.C9H9NO/c1-18(2,15-9-12-16-10-7-8-11-16)19-17-13-5-3-4-6-14-17;10-7-3-5-8-4-1-2-6-9(8)11/h3,5-6,9,12-14,16H,4,7-8,10-11,15H2,1-2H3;1-2,4,6,11H,3,5H2/b12-9+;. The Morgan fingerprint density at radius 3 is 2.70 bits per heavy atom. The number of allylic oxidation sites excluding steroid dienone is 6. The number of aromatic hydroxyl groups is 1. The van der Waals surface area contributed by atoms with Crippen LogP contribution >= 0.6 is 0 Å². The number of phenols is 1. The fourth-order valence-electron chi connectivity index (χ4n) is 3.60. The second-order valence-electron chi connectivity index (χ2n) is 8.46. The molecule has 0 saturated heterocycles. The van der Waals surface area contributed by atoms with E-state index in [4.69, 9.17) is 10.00 Å². The van der Waals surface area contributed by atoms with Crippen LogP contribution in [0, 0.1) is 17.2 Å². The second kappa shape index (κ2) is 12.8. The number of rotatable bonds is 7. The van der Waals surface area contributed by atoms with E-state index in [1.165, 1.54) is 25.7 Å². The van der Waals surface area contributed by atoms with Gasteiger partial charge in [-0.1, -0.05) is 61.4 Å². The molecule has 3 heteroatoms. The van der Waals surface area contributed by atoms with E-state index >= 15 is 0 Å². The number of para-hydroxylation sites is 1. The Morgan fingerprint density at radius 1 is 1.20 bits per heavy atom. The quantitative estimate of drug-likeness (QED) is 0.489. The lowest BCUT2D eigenvalue weighted by Gasteiger charge is -2.26. The molecule has 0 unspecified atom stereocenters. The Hall–Kier alpha value is -2.73. The molecular weight excluding hydrogens is 370 g/mol. The van der Waals surface area contributed by atoms with Crippen molar-refractivity contribution in [2.75, 3.05) is 0 Å². The van der Waals surface area contributed by atoms with E-state index in [1.54, 1.807) is 12.1 Å². The normalized spacial score (nSPS) is 16.5. The van der Waals surface area contributed by atoms with Gasteiger partial charge >= 0.3 is 0 Å². The molecule has 30 heavy (non-hydrogen) atoms. The molecular formula is C27H35NO2. The average molecular weight is 406 g/mol.